The molecule has 0 aliphatic heterocycles. The number of ether oxygens (including phenoxy) is 1. The Hall–Kier alpha value is -1.70. The lowest BCUT2D eigenvalue weighted by molar-refractivity contribution is 0.334. The summed E-state index contributed by atoms with van der Waals surface area (Å²) in [5.41, 5.74) is 3.56. The number of fused-ring (bicyclic) bond motifs is 1. The number of aromatic nitrogens is 3. The summed E-state index contributed by atoms with van der Waals surface area (Å²) in [6, 6.07) is 5.81. The molecule has 1 N–H and O–H groups in total. The molecule has 0 bridgehead atoms. The lowest BCUT2D eigenvalue weighted by atomic mass is 10.1. The van der Waals surface area contributed by atoms with Crippen molar-refractivity contribution < 1.29 is 9.29 Å². The zero-order chi connectivity index (χ0) is 16.4. The van der Waals surface area contributed by atoms with Crippen LogP contribution < -0.4 is 4.74 Å². The normalized spacial score (nSPS) is 12.5. The minimum absolute atomic E-state index is 0.370. The summed E-state index contributed by atoms with van der Waals surface area (Å²) < 4.78 is 17.1. The Morgan fingerprint density at radius 1 is 1.35 bits per heavy atom. The van der Waals surface area contributed by atoms with Gasteiger partial charge in [0.1, 0.15) is 29.5 Å². The van der Waals surface area contributed by atoms with Crippen LogP contribution in [-0.2, 0) is 11.2 Å². The third-order valence-electron chi connectivity index (χ3n) is 3.49. The molecule has 3 aromatic rings. The van der Waals surface area contributed by atoms with Gasteiger partial charge in [0, 0.05) is 11.1 Å². The third kappa shape index (κ3) is 3.46. The maximum Gasteiger partial charge on any atom is 0.144 e. The number of thiol groups is 1. The van der Waals surface area contributed by atoms with E-state index in [0.717, 1.165) is 27.1 Å². The molecule has 2 heterocycles. The first-order valence-electron chi connectivity index (χ1n) is 7.11. The molecule has 0 amide bonds. The minimum atomic E-state index is -0.896. The summed E-state index contributed by atoms with van der Waals surface area (Å²) >= 11 is 3.67. The molecule has 120 valence electrons. The van der Waals surface area contributed by atoms with Gasteiger partial charge in [0.15, 0.2) is 0 Å². The van der Waals surface area contributed by atoms with Crippen LogP contribution in [0.1, 0.15) is 5.56 Å². The van der Waals surface area contributed by atoms with E-state index in [9.17, 15) is 4.55 Å². The van der Waals surface area contributed by atoms with E-state index in [0.29, 0.717) is 23.9 Å². The molecule has 0 fully saturated rings. The molecule has 23 heavy (non-hydrogen) atoms. The van der Waals surface area contributed by atoms with Gasteiger partial charge < -0.3 is 14.3 Å². The van der Waals surface area contributed by atoms with Gasteiger partial charge in [-0.3, -0.25) is 4.98 Å². The average Bonchev–Trinajstić information content (AvgIpc) is 2.95. The van der Waals surface area contributed by atoms with Gasteiger partial charge in [-0.25, -0.2) is 4.98 Å². The summed E-state index contributed by atoms with van der Waals surface area (Å²) in [6.45, 7) is 2.34. The first-order valence-corrected chi connectivity index (χ1v) is 9.29. The molecule has 0 aliphatic carbocycles. The highest BCUT2D eigenvalue weighted by Crippen LogP contribution is 2.36. The Labute approximate surface area is 143 Å². The number of hydrogen-bond acceptors (Lipinski definition) is 5. The number of hydrogen-bond donors (Lipinski definition) is 2. The number of nitrogens with one attached hydrogen (secondary N) is 1. The fourth-order valence-electron chi connectivity index (χ4n) is 2.25. The van der Waals surface area contributed by atoms with Crippen molar-refractivity contribution in [2.45, 2.75) is 11.8 Å². The number of aromatic amines is 1. The van der Waals surface area contributed by atoms with Gasteiger partial charge in [-0.15, -0.1) is 12.6 Å². The van der Waals surface area contributed by atoms with Crippen molar-refractivity contribution in [1.29, 1.82) is 0 Å². The van der Waals surface area contributed by atoms with Crippen molar-refractivity contribution in [2.24, 2.45) is 0 Å². The summed E-state index contributed by atoms with van der Waals surface area (Å²) in [5.74, 6) is 1.84. The predicted octanol–water partition coefficient (Wildman–Crippen LogP) is 2.98. The molecule has 1 aromatic carbocycles. The van der Waals surface area contributed by atoms with Crippen LogP contribution in [0.5, 0.6) is 5.75 Å². The number of imidazole rings is 1. The molecule has 2 aromatic heterocycles. The van der Waals surface area contributed by atoms with Gasteiger partial charge in [-0.05, 0) is 24.6 Å². The zero-order valence-electron chi connectivity index (χ0n) is 12.9. The van der Waals surface area contributed by atoms with Crippen LogP contribution in [0.25, 0.3) is 22.4 Å². The Bertz CT molecular complexity index is 800. The molecule has 7 heteroatoms. The van der Waals surface area contributed by atoms with Crippen molar-refractivity contribution in [3.8, 4) is 17.1 Å². The second kappa shape index (κ2) is 6.82. The summed E-state index contributed by atoms with van der Waals surface area (Å²) in [7, 11) is 0. The van der Waals surface area contributed by atoms with E-state index in [1.165, 1.54) is 0 Å². The lowest BCUT2D eigenvalue weighted by Crippen LogP contribution is -2.13. The molecule has 1 atom stereocenters. The average molecular weight is 347 g/mol. The van der Waals surface area contributed by atoms with E-state index in [4.69, 9.17) is 4.74 Å². The van der Waals surface area contributed by atoms with E-state index in [-0.39, 0.29) is 0 Å². The maximum atomic E-state index is 11.2. The van der Waals surface area contributed by atoms with Gasteiger partial charge in [-0.1, -0.05) is 17.2 Å². The fourth-order valence-corrected chi connectivity index (χ4v) is 2.83. The van der Waals surface area contributed by atoms with Gasteiger partial charge in [0.05, 0.1) is 23.5 Å². The van der Waals surface area contributed by atoms with Crippen molar-refractivity contribution in [2.75, 3.05) is 18.6 Å². The van der Waals surface area contributed by atoms with E-state index in [1.54, 1.807) is 18.6 Å². The molecule has 0 aliphatic rings. The van der Waals surface area contributed by atoms with Gasteiger partial charge in [0.25, 0.3) is 0 Å². The van der Waals surface area contributed by atoms with Crippen LogP contribution >= 0.6 is 12.6 Å². The van der Waals surface area contributed by atoms with Crippen LogP contribution in [-0.4, -0.2) is 38.1 Å². The number of H-pyrrole nitrogens is 1. The van der Waals surface area contributed by atoms with Crippen LogP contribution in [0.4, 0.5) is 0 Å². The monoisotopic (exact) mass is 347 g/mol. The minimum Gasteiger partial charge on any atom is -0.616 e. The molecule has 1 unspecified atom stereocenters. The molecule has 3 rings (SSSR count). The second-order valence-electron chi connectivity index (χ2n) is 5.21. The van der Waals surface area contributed by atoms with Crippen molar-refractivity contribution in [1.82, 2.24) is 15.0 Å². The molecular formula is C16H17N3O2S2. The number of aryl methyl sites for hydroxylation is 1. The summed E-state index contributed by atoms with van der Waals surface area (Å²) in [4.78, 5) is 12.7. The Morgan fingerprint density at radius 2 is 2.17 bits per heavy atom. The topological polar surface area (TPSA) is 73.9 Å². The summed E-state index contributed by atoms with van der Waals surface area (Å²) in [5, 5.41) is 0. The van der Waals surface area contributed by atoms with E-state index in [2.05, 4.69) is 27.6 Å². The number of rotatable bonds is 5. The lowest BCUT2D eigenvalue weighted by Gasteiger charge is -2.14. The van der Waals surface area contributed by atoms with E-state index >= 15 is 0 Å². The van der Waals surface area contributed by atoms with Crippen molar-refractivity contribution in [3.63, 3.8) is 0 Å². The highest BCUT2D eigenvalue weighted by atomic mass is 32.2. The third-order valence-corrected chi connectivity index (χ3v) is 4.79. The van der Waals surface area contributed by atoms with Crippen LogP contribution in [0.2, 0.25) is 0 Å². The number of benzene rings is 1. The van der Waals surface area contributed by atoms with E-state index in [1.807, 2.05) is 25.1 Å². The first-order chi connectivity index (χ1) is 11.1. The predicted molar refractivity (Wildman–Crippen MR) is 95.7 cm³/mol. The SMILES string of the molecule is Cc1ccc(-c2nc3cnccc3[nH]2)c(OCC[S+](C)[O-])c1S. The zero-order valence-corrected chi connectivity index (χ0v) is 14.6. The molecule has 0 radical (unpaired) electrons. The quantitative estimate of drug-likeness (QED) is 0.550. The van der Waals surface area contributed by atoms with Gasteiger partial charge in [0.2, 0.25) is 0 Å². The second-order valence-corrected chi connectivity index (χ2v) is 7.21. The first kappa shape index (κ1) is 16.2. The molecule has 0 saturated heterocycles. The standard InChI is InChI=1S/C16H17N3O2S2/c1-10-3-4-11(14(15(10)22)21-7-8-23(2)20)16-18-12-5-6-17-9-13(12)19-16/h3-6,9,22H,7-8H2,1-2H3,(H,18,19). The molecule has 5 nitrogen and oxygen atoms in total. The Morgan fingerprint density at radius 3 is 2.91 bits per heavy atom. The largest absolute Gasteiger partial charge is 0.616 e. The highest BCUT2D eigenvalue weighted by Gasteiger charge is 2.16. The van der Waals surface area contributed by atoms with Crippen LogP contribution in [0, 0.1) is 6.92 Å². The Kier molecular flexibility index (Phi) is 4.79. The van der Waals surface area contributed by atoms with Crippen molar-refractivity contribution in [3.05, 3.63) is 36.2 Å². The fraction of sp³-hybridized carbons (Fsp3) is 0.250. The van der Waals surface area contributed by atoms with E-state index < -0.39 is 11.2 Å². The molecule has 0 spiro atoms. The Balaban J connectivity index is 2.02. The summed E-state index contributed by atoms with van der Waals surface area (Å²) in [6.07, 6.45) is 5.09. The smallest absolute Gasteiger partial charge is 0.144 e. The van der Waals surface area contributed by atoms with Crippen molar-refractivity contribution >= 4 is 34.8 Å². The highest BCUT2D eigenvalue weighted by molar-refractivity contribution is 7.90. The maximum absolute atomic E-state index is 11.2. The number of pyridine rings is 1. The van der Waals surface area contributed by atoms with Gasteiger partial charge >= 0.3 is 0 Å². The van der Waals surface area contributed by atoms with Crippen LogP contribution in [0.15, 0.2) is 35.5 Å². The van der Waals surface area contributed by atoms with Crippen LogP contribution in [0.3, 0.4) is 0 Å². The number of nitrogens with zero attached hydrogens (tertiary/aromatic N) is 2. The van der Waals surface area contributed by atoms with Gasteiger partial charge in [-0.2, -0.15) is 0 Å². The molecular weight excluding hydrogens is 330 g/mol. The molecule has 0 saturated carbocycles.